The first-order valence-corrected chi connectivity index (χ1v) is 7.42. The first-order valence-electron chi connectivity index (χ1n) is 7.42. The quantitative estimate of drug-likeness (QED) is 0.671. The maximum Gasteiger partial charge on any atom is 0.139 e. The third-order valence-electron chi connectivity index (χ3n) is 4.45. The summed E-state index contributed by atoms with van der Waals surface area (Å²) in [5.41, 5.74) is 8.81. The second-order valence-corrected chi connectivity index (χ2v) is 5.97. The van der Waals surface area contributed by atoms with Crippen LogP contribution in [0.15, 0.2) is 18.5 Å². The number of aromatic amines is 1. The predicted molar refractivity (Wildman–Crippen MR) is 80.9 cm³/mol. The van der Waals surface area contributed by atoms with Crippen LogP contribution in [0.1, 0.15) is 44.2 Å². The predicted octanol–water partition coefficient (Wildman–Crippen LogP) is 2.02. The average Bonchev–Trinajstić information content (AvgIpc) is 3.12. The van der Waals surface area contributed by atoms with E-state index in [-0.39, 0.29) is 6.04 Å². The molecule has 0 unspecified atom stereocenters. The van der Waals surface area contributed by atoms with Gasteiger partial charge in [-0.3, -0.25) is 0 Å². The van der Waals surface area contributed by atoms with Crippen molar-refractivity contribution in [3.05, 3.63) is 24.3 Å². The van der Waals surface area contributed by atoms with Gasteiger partial charge in [-0.2, -0.15) is 0 Å². The molecule has 4 N–H and O–H groups in total. The molecule has 1 aliphatic rings. The highest BCUT2D eigenvalue weighted by Crippen LogP contribution is 2.36. The summed E-state index contributed by atoms with van der Waals surface area (Å²) < 4.78 is 2.19. The zero-order valence-corrected chi connectivity index (χ0v) is 12.0. The van der Waals surface area contributed by atoms with Gasteiger partial charge in [-0.15, -0.1) is 0 Å². The molecule has 0 amide bonds. The van der Waals surface area contributed by atoms with Gasteiger partial charge in [-0.1, -0.05) is 0 Å². The minimum Gasteiger partial charge on any atom is -0.385 e. The van der Waals surface area contributed by atoms with Crippen LogP contribution in [0.5, 0.6) is 0 Å². The van der Waals surface area contributed by atoms with Gasteiger partial charge in [0.1, 0.15) is 23.1 Å². The van der Waals surface area contributed by atoms with Crippen LogP contribution in [-0.4, -0.2) is 30.7 Å². The van der Waals surface area contributed by atoms with Crippen LogP contribution in [0.3, 0.4) is 0 Å². The molecule has 3 heterocycles. The number of pyridine rings is 1. The van der Waals surface area contributed by atoms with Crippen molar-refractivity contribution in [1.29, 1.82) is 0 Å². The van der Waals surface area contributed by atoms with E-state index in [0.29, 0.717) is 11.9 Å². The number of nitrogens with zero attached hydrogens (tertiary/aromatic N) is 3. The topological polar surface area (TPSA) is 92.8 Å². The Morgan fingerprint density at radius 3 is 3.05 bits per heavy atom. The first-order chi connectivity index (χ1) is 10.1. The number of aliphatic hydroxyl groups excluding tert-OH is 1. The molecule has 1 saturated carbocycles. The van der Waals surface area contributed by atoms with E-state index in [1.165, 1.54) is 0 Å². The van der Waals surface area contributed by atoms with Crippen molar-refractivity contribution in [2.75, 3.05) is 0 Å². The van der Waals surface area contributed by atoms with Gasteiger partial charge in [0.05, 0.1) is 11.7 Å². The lowest BCUT2D eigenvalue weighted by molar-refractivity contribution is 0.181. The molecule has 6 heteroatoms. The van der Waals surface area contributed by atoms with Gasteiger partial charge < -0.3 is 20.4 Å². The van der Waals surface area contributed by atoms with Crippen LogP contribution in [0.4, 0.5) is 0 Å². The number of rotatable bonds is 2. The van der Waals surface area contributed by atoms with Gasteiger partial charge in [0, 0.05) is 23.7 Å². The number of nitrogens with one attached hydrogen (secondary N) is 1. The molecule has 3 atom stereocenters. The Kier molecular flexibility index (Phi) is 2.77. The summed E-state index contributed by atoms with van der Waals surface area (Å²) >= 11 is 0. The molecule has 0 bridgehead atoms. The van der Waals surface area contributed by atoms with Crippen molar-refractivity contribution < 1.29 is 5.11 Å². The zero-order chi connectivity index (χ0) is 14.6. The number of nitrogens with two attached hydrogens (primary N) is 1. The standard InChI is InChI=1S/C15H19N5O/c1-8(21)15-19-12-7-18-14-11(4-5-17-14)13(12)20(15)10-3-2-9(16)6-10/h4-5,7-10,21H,2-3,6,16H2,1H3,(H,17,18)/t8-,9+,10+/m1/s1. The Labute approximate surface area is 122 Å². The van der Waals surface area contributed by atoms with Gasteiger partial charge in [-0.25, -0.2) is 9.97 Å². The Morgan fingerprint density at radius 2 is 2.33 bits per heavy atom. The van der Waals surface area contributed by atoms with E-state index in [1.807, 2.05) is 12.3 Å². The number of imidazole rings is 1. The summed E-state index contributed by atoms with van der Waals surface area (Å²) in [6.07, 6.45) is 6.02. The van der Waals surface area contributed by atoms with E-state index in [2.05, 4.69) is 19.5 Å². The molecule has 6 nitrogen and oxygen atoms in total. The third-order valence-corrected chi connectivity index (χ3v) is 4.45. The summed E-state index contributed by atoms with van der Waals surface area (Å²) in [4.78, 5) is 12.1. The van der Waals surface area contributed by atoms with Crippen LogP contribution in [0.2, 0.25) is 0 Å². The maximum absolute atomic E-state index is 10.1. The van der Waals surface area contributed by atoms with Gasteiger partial charge in [0.15, 0.2) is 0 Å². The molecule has 1 fully saturated rings. The summed E-state index contributed by atoms with van der Waals surface area (Å²) in [6.45, 7) is 1.76. The van der Waals surface area contributed by atoms with Crippen molar-refractivity contribution in [3.8, 4) is 0 Å². The average molecular weight is 285 g/mol. The van der Waals surface area contributed by atoms with E-state index in [1.54, 1.807) is 13.1 Å². The molecule has 0 saturated heterocycles. The Hall–Kier alpha value is -1.92. The van der Waals surface area contributed by atoms with Gasteiger partial charge >= 0.3 is 0 Å². The van der Waals surface area contributed by atoms with Crippen molar-refractivity contribution in [2.45, 2.75) is 44.4 Å². The molecule has 0 radical (unpaired) electrons. The SMILES string of the molecule is C[C@@H](O)c1nc2cnc3[nH]ccc3c2n1[C@H]1CC[C@H](N)C1. The molecule has 21 heavy (non-hydrogen) atoms. The fourth-order valence-electron chi connectivity index (χ4n) is 3.50. The van der Waals surface area contributed by atoms with Crippen LogP contribution in [0.25, 0.3) is 22.1 Å². The smallest absolute Gasteiger partial charge is 0.139 e. The lowest BCUT2D eigenvalue weighted by Gasteiger charge is -2.18. The Morgan fingerprint density at radius 1 is 1.48 bits per heavy atom. The minimum atomic E-state index is -0.608. The molecule has 110 valence electrons. The largest absolute Gasteiger partial charge is 0.385 e. The molecular weight excluding hydrogens is 266 g/mol. The number of hydrogen-bond acceptors (Lipinski definition) is 4. The van der Waals surface area contributed by atoms with Crippen molar-refractivity contribution >= 4 is 22.1 Å². The monoisotopic (exact) mass is 285 g/mol. The van der Waals surface area contributed by atoms with E-state index in [4.69, 9.17) is 5.73 Å². The summed E-state index contributed by atoms with van der Waals surface area (Å²) in [7, 11) is 0. The molecular formula is C15H19N5O. The number of H-pyrrole nitrogens is 1. The van der Waals surface area contributed by atoms with Crippen molar-refractivity contribution in [1.82, 2.24) is 19.5 Å². The fraction of sp³-hybridized carbons (Fsp3) is 0.467. The lowest BCUT2D eigenvalue weighted by Crippen LogP contribution is -2.17. The van der Waals surface area contributed by atoms with E-state index in [9.17, 15) is 5.11 Å². The van der Waals surface area contributed by atoms with Crippen LogP contribution in [-0.2, 0) is 0 Å². The second kappa shape index (κ2) is 4.54. The maximum atomic E-state index is 10.1. The molecule has 0 spiro atoms. The summed E-state index contributed by atoms with van der Waals surface area (Å²) in [6, 6.07) is 2.55. The highest BCUT2D eigenvalue weighted by molar-refractivity contribution is 6.01. The van der Waals surface area contributed by atoms with Crippen LogP contribution < -0.4 is 5.73 Å². The number of fused-ring (bicyclic) bond motifs is 3. The molecule has 1 aliphatic carbocycles. The van der Waals surface area contributed by atoms with Gasteiger partial charge in [0.2, 0.25) is 0 Å². The Bertz CT molecular complexity index is 803. The zero-order valence-electron chi connectivity index (χ0n) is 12.0. The number of hydrogen-bond donors (Lipinski definition) is 3. The van der Waals surface area contributed by atoms with E-state index in [0.717, 1.165) is 41.3 Å². The Balaban J connectivity index is 2.03. The molecule has 3 aromatic rings. The van der Waals surface area contributed by atoms with E-state index >= 15 is 0 Å². The lowest BCUT2D eigenvalue weighted by atomic mass is 10.2. The van der Waals surface area contributed by atoms with Crippen LogP contribution in [0, 0.1) is 0 Å². The highest BCUT2D eigenvalue weighted by Gasteiger charge is 2.29. The fourth-order valence-corrected chi connectivity index (χ4v) is 3.50. The second-order valence-electron chi connectivity index (χ2n) is 5.97. The number of aliphatic hydroxyl groups is 1. The van der Waals surface area contributed by atoms with Crippen molar-refractivity contribution in [2.24, 2.45) is 5.73 Å². The normalized spacial score (nSPS) is 24.1. The first kappa shape index (κ1) is 12.8. The minimum absolute atomic E-state index is 0.234. The molecule has 0 aliphatic heterocycles. The van der Waals surface area contributed by atoms with Crippen molar-refractivity contribution in [3.63, 3.8) is 0 Å². The third kappa shape index (κ3) is 1.86. The van der Waals surface area contributed by atoms with E-state index < -0.39 is 6.10 Å². The molecule has 0 aromatic carbocycles. The summed E-state index contributed by atoms with van der Waals surface area (Å²) in [5.74, 6) is 0.708. The van der Waals surface area contributed by atoms with Gasteiger partial charge in [-0.05, 0) is 32.3 Å². The molecule has 3 aromatic heterocycles. The molecule has 4 rings (SSSR count). The van der Waals surface area contributed by atoms with Gasteiger partial charge in [0.25, 0.3) is 0 Å². The summed E-state index contributed by atoms with van der Waals surface area (Å²) in [5, 5.41) is 11.2. The van der Waals surface area contributed by atoms with Crippen LogP contribution >= 0.6 is 0 Å². The number of aromatic nitrogens is 4. The highest BCUT2D eigenvalue weighted by atomic mass is 16.3.